The number of nitrogens with zero attached hydrogens (tertiary/aromatic N) is 3. The Morgan fingerprint density at radius 1 is 1.09 bits per heavy atom. The molecule has 0 aliphatic carbocycles. The van der Waals surface area contributed by atoms with Crippen molar-refractivity contribution in [3.05, 3.63) is 36.0 Å². The summed E-state index contributed by atoms with van der Waals surface area (Å²) in [5, 5.41) is 9.33. The molecule has 1 aliphatic heterocycles. The molecule has 1 fully saturated rings. The number of piperazine rings is 1. The molecule has 0 radical (unpaired) electrons. The summed E-state index contributed by atoms with van der Waals surface area (Å²) >= 11 is 0. The van der Waals surface area contributed by atoms with Gasteiger partial charge in [0.2, 0.25) is 0 Å². The van der Waals surface area contributed by atoms with Crippen molar-refractivity contribution < 1.29 is 14.3 Å². The minimum Gasteiger partial charge on any atom is -0.455 e. The van der Waals surface area contributed by atoms with Crippen molar-refractivity contribution in [2.45, 2.75) is 66.2 Å². The van der Waals surface area contributed by atoms with Gasteiger partial charge < -0.3 is 14.2 Å². The number of hydrogen-bond donors (Lipinski definition) is 1. The molecule has 1 N–H and O–H groups in total. The minimum atomic E-state index is -0.619. The highest BCUT2D eigenvalue weighted by Gasteiger charge is 2.27. The van der Waals surface area contributed by atoms with Crippen molar-refractivity contribution in [3.63, 3.8) is 0 Å². The van der Waals surface area contributed by atoms with Crippen LogP contribution < -0.4 is 0 Å². The maximum Gasteiger partial charge on any atom is 0.352 e. The lowest BCUT2D eigenvalue weighted by atomic mass is 9.99. The van der Waals surface area contributed by atoms with Crippen LogP contribution in [0, 0.1) is 11.3 Å². The topological polar surface area (TPSA) is 78.6 Å². The molecular formula is C26H38N4O3. The second-order valence-corrected chi connectivity index (χ2v) is 10.2. The van der Waals surface area contributed by atoms with E-state index in [1.807, 2.05) is 63.1 Å². The normalized spacial score (nSPS) is 16.3. The third-order valence-electron chi connectivity index (χ3n) is 6.29. The minimum absolute atomic E-state index is 0.00149. The number of rotatable bonds is 7. The highest BCUT2D eigenvalue weighted by molar-refractivity contribution is 6.36. The molecule has 33 heavy (non-hydrogen) atoms. The van der Waals surface area contributed by atoms with Gasteiger partial charge in [-0.3, -0.25) is 15.1 Å². The van der Waals surface area contributed by atoms with Crippen molar-refractivity contribution >= 4 is 28.5 Å². The fourth-order valence-corrected chi connectivity index (χ4v) is 4.28. The number of nitrogens with one attached hydrogen (secondary N) is 1. The Kier molecular flexibility index (Phi) is 7.62. The standard InChI is InChI=1S/C26H38N4O3/c1-7-19(23(27)25(32)33-26(4,5)6)17-30-11-10-20-16-21(8-9-22(20)30)24(31)29-14-12-28(13-15-29)18(2)3/h8-11,16,18-19,27H,7,12-15,17H2,1-6H3/t19-/m0/s1. The van der Waals surface area contributed by atoms with Crippen molar-refractivity contribution in [2.24, 2.45) is 5.92 Å². The van der Waals surface area contributed by atoms with E-state index in [2.05, 4.69) is 23.3 Å². The summed E-state index contributed by atoms with van der Waals surface area (Å²) in [7, 11) is 0. The Bertz CT molecular complexity index is 1010. The fourth-order valence-electron chi connectivity index (χ4n) is 4.28. The lowest BCUT2D eigenvalue weighted by Crippen LogP contribution is -2.50. The van der Waals surface area contributed by atoms with Crippen LogP contribution in [0.15, 0.2) is 30.5 Å². The third kappa shape index (κ3) is 6.02. The predicted octanol–water partition coefficient (Wildman–Crippen LogP) is 4.20. The number of carbonyl (C=O) groups is 2. The molecule has 1 aliphatic rings. The van der Waals surface area contributed by atoms with Crippen LogP contribution >= 0.6 is 0 Å². The van der Waals surface area contributed by atoms with E-state index in [4.69, 9.17) is 10.1 Å². The number of carbonyl (C=O) groups excluding carboxylic acids is 2. The average molecular weight is 455 g/mol. The maximum absolute atomic E-state index is 13.1. The molecular weight excluding hydrogens is 416 g/mol. The largest absolute Gasteiger partial charge is 0.455 e. The quantitative estimate of drug-likeness (QED) is 0.502. The van der Waals surface area contributed by atoms with Gasteiger partial charge in [0, 0.05) is 67.3 Å². The Morgan fingerprint density at radius 3 is 2.33 bits per heavy atom. The second-order valence-electron chi connectivity index (χ2n) is 10.2. The van der Waals surface area contributed by atoms with E-state index in [0.717, 1.165) is 37.1 Å². The van der Waals surface area contributed by atoms with Gasteiger partial charge in [0.1, 0.15) is 11.3 Å². The number of aromatic nitrogens is 1. The average Bonchev–Trinajstić information content (AvgIpc) is 3.17. The maximum atomic E-state index is 13.1. The first-order valence-electron chi connectivity index (χ1n) is 11.9. The highest BCUT2D eigenvalue weighted by Crippen LogP contribution is 2.22. The molecule has 1 saturated heterocycles. The molecule has 1 atom stereocenters. The van der Waals surface area contributed by atoms with Crippen LogP contribution in [-0.4, -0.2) is 69.8 Å². The van der Waals surface area contributed by atoms with Crippen molar-refractivity contribution in [3.8, 4) is 0 Å². The van der Waals surface area contributed by atoms with E-state index in [9.17, 15) is 9.59 Å². The second kappa shape index (κ2) is 10.1. The number of hydrogen-bond acceptors (Lipinski definition) is 5. The summed E-state index contributed by atoms with van der Waals surface area (Å²) in [5.74, 6) is -0.725. The molecule has 7 nitrogen and oxygen atoms in total. The molecule has 1 aromatic heterocycles. The van der Waals surface area contributed by atoms with Crippen molar-refractivity contribution in [2.75, 3.05) is 26.2 Å². The number of amides is 1. The van der Waals surface area contributed by atoms with Gasteiger partial charge in [-0.15, -0.1) is 0 Å². The first-order chi connectivity index (χ1) is 15.5. The monoisotopic (exact) mass is 454 g/mol. The summed E-state index contributed by atoms with van der Waals surface area (Å²) in [6, 6.07) is 8.30. The molecule has 0 spiro atoms. The Hall–Kier alpha value is -2.67. The van der Waals surface area contributed by atoms with Crippen molar-refractivity contribution in [1.82, 2.24) is 14.4 Å². The summed E-state index contributed by atoms with van der Waals surface area (Å²) in [6.45, 7) is 15.6. The number of ether oxygens (including phenoxy) is 1. The van der Waals surface area contributed by atoms with E-state index in [0.29, 0.717) is 24.6 Å². The summed E-state index contributed by atoms with van der Waals surface area (Å²) in [6.07, 6.45) is 2.63. The van der Waals surface area contributed by atoms with Crippen LogP contribution in [0.5, 0.6) is 0 Å². The van der Waals surface area contributed by atoms with Gasteiger partial charge in [0.05, 0.1) is 0 Å². The third-order valence-corrected chi connectivity index (χ3v) is 6.29. The lowest BCUT2D eigenvalue weighted by molar-refractivity contribution is -0.146. The van der Waals surface area contributed by atoms with E-state index in [-0.39, 0.29) is 17.5 Å². The molecule has 0 unspecified atom stereocenters. The van der Waals surface area contributed by atoms with Gasteiger partial charge in [-0.05, 0) is 65.3 Å². The van der Waals surface area contributed by atoms with Crippen LogP contribution in [0.3, 0.4) is 0 Å². The Balaban J connectivity index is 1.71. The lowest BCUT2D eigenvalue weighted by Gasteiger charge is -2.37. The van der Waals surface area contributed by atoms with Gasteiger partial charge in [-0.2, -0.15) is 0 Å². The summed E-state index contributed by atoms with van der Waals surface area (Å²) in [5.41, 5.74) is 1.08. The smallest absolute Gasteiger partial charge is 0.352 e. The molecule has 1 aromatic carbocycles. The van der Waals surface area contributed by atoms with Crippen LogP contribution in [0.1, 0.15) is 58.3 Å². The van der Waals surface area contributed by atoms with Gasteiger partial charge in [-0.1, -0.05) is 6.92 Å². The predicted molar refractivity (Wildman–Crippen MR) is 132 cm³/mol. The number of benzene rings is 1. The molecule has 2 heterocycles. The Morgan fingerprint density at radius 2 is 1.76 bits per heavy atom. The first kappa shape index (κ1) is 25.0. The first-order valence-corrected chi connectivity index (χ1v) is 11.9. The number of fused-ring (bicyclic) bond motifs is 1. The molecule has 180 valence electrons. The van der Waals surface area contributed by atoms with Gasteiger partial charge in [0.15, 0.2) is 0 Å². The summed E-state index contributed by atoms with van der Waals surface area (Å²) < 4.78 is 7.44. The molecule has 0 saturated carbocycles. The molecule has 7 heteroatoms. The van der Waals surface area contributed by atoms with Crippen molar-refractivity contribution in [1.29, 1.82) is 5.41 Å². The summed E-state index contributed by atoms with van der Waals surface area (Å²) in [4.78, 5) is 29.8. The van der Waals surface area contributed by atoms with E-state index < -0.39 is 11.6 Å². The van der Waals surface area contributed by atoms with Crippen LogP contribution in [0.4, 0.5) is 0 Å². The zero-order valence-corrected chi connectivity index (χ0v) is 20.9. The Labute approximate surface area is 197 Å². The van der Waals surface area contributed by atoms with E-state index >= 15 is 0 Å². The van der Waals surface area contributed by atoms with Crippen LogP contribution in [-0.2, 0) is 16.1 Å². The zero-order valence-electron chi connectivity index (χ0n) is 20.9. The van der Waals surface area contributed by atoms with E-state index in [1.54, 1.807) is 0 Å². The molecule has 3 rings (SSSR count). The van der Waals surface area contributed by atoms with Crippen LogP contribution in [0.2, 0.25) is 0 Å². The molecule has 1 amide bonds. The van der Waals surface area contributed by atoms with Gasteiger partial charge in [0.25, 0.3) is 5.91 Å². The number of esters is 1. The fraction of sp³-hybridized carbons (Fsp3) is 0.577. The van der Waals surface area contributed by atoms with Gasteiger partial charge >= 0.3 is 5.97 Å². The molecule has 2 aromatic rings. The SMILES string of the molecule is CC[C@@H](Cn1ccc2cc(C(=O)N3CCN(C(C)C)CC3)ccc21)C(=N)C(=O)OC(C)(C)C. The molecule has 0 bridgehead atoms. The van der Waals surface area contributed by atoms with Gasteiger partial charge in [-0.25, -0.2) is 4.79 Å². The zero-order chi connectivity index (χ0) is 24.3. The van der Waals surface area contributed by atoms with E-state index in [1.165, 1.54) is 0 Å². The van der Waals surface area contributed by atoms with Crippen LogP contribution in [0.25, 0.3) is 10.9 Å². The highest BCUT2D eigenvalue weighted by atomic mass is 16.6.